The summed E-state index contributed by atoms with van der Waals surface area (Å²) in [6, 6.07) is 16.1. The highest BCUT2D eigenvalue weighted by Crippen LogP contribution is 2.63. The molecule has 3 atom stereocenters. The van der Waals surface area contributed by atoms with Crippen molar-refractivity contribution in [2.75, 3.05) is 20.3 Å². The molecule has 49 heavy (non-hydrogen) atoms. The molecule has 0 spiro atoms. The largest absolute Gasteiger partial charge is 0.490 e. The van der Waals surface area contributed by atoms with E-state index in [9.17, 15) is 9.59 Å². The lowest BCUT2D eigenvalue weighted by molar-refractivity contribution is -0.184. The number of esters is 2. The smallest absolute Gasteiger partial charge is 0.312 e. The molecule has 0 bridgehead atoms. The van der Waals surface area contributed by atoms with Gasteiger partial charge < -0.3 is 14.2 Å². The standard InChI is InChI=1S/C41H61N3O5/c1-14-36(4,5)28-40(11,34(45)47-13)41(12,16-3)38(8,9)29-39(10,37(6,7)15-2)35(46)49-26-25-48-33-23-21-32(22-24-33)44-43-31-19-17-30(27-42)18-20-31/h17-24H,14-16,25-26,28-29H2,1-13H3/b44-43+. The van der Waals surface area contributed by atoms with Gasteiger partial charge >= 0.3 is 11.9 Å². The van der Waals surface area contributed by atoms with Crippen LogP contribution in [0.3, 0.4) is 0 Å². The topological polar surface area (TPSA) is 110 Å². The quantitative estimate of drug-likeness (QED) is 0.0883. The summed E-state index contributed by atoms with van der Waals surface area (Å²) in [7, 11) is 1.48. The summed E-state index contributed by atoms with van der Waals surface area (Å²) in [6.07, 6.45) is 3.66. The third-order valence-electron chi connectivity index (χ3n) is 12.2. The van der Waals surface area contributed by atoms with Gasteiger partial charge in [0.25, 0.3) is 0 Å². The van der Waals surface area contributed by atoms with Gasteiger partial charge in [-0.2, -0.15) is 15.5 Å². The van der Waals surface area contributed by atoms with E-state index >= 15 is 0 Å². The monoisotopic (exact) mass is 675 g/mol. The number of carbonyl (C=O) groups is 2. The highest BCUT2D eigenvalue weighted by molar-refractivity contribution is 5.79. The fraction of sp³-hybridized carbons (Fsp3) is 0.634. The Kier molecular flexibility index (Phi) is 13.8. The summed E-state index contributed by atoms with van der Waals surface area (Å²) in [5.41, 5.74) is -1.16. The van der Waals surface area contributed by atoms with Crippen molar-refractivity contribution in [2.45, 2.75) is 115 Å². The molecular formula is C41H61N3O5. The van der Waals surface area contributed by atoms with Crippen LogP contribution in [0.25, 0.3) is 0 Å². The van der Waals surface area contributed by atoms with Crippen LogP contribution in [-0.4, -0.2) is 32.3 Å². The molecule has 0 radical (unpaired) electrons. The lowest BCUT2D eigenvalue weighted by Gasteiger charge is -2.58. The Morgan fingerprint density at radius 1 is 0.673 bits per heavy atom. The van der Waals surface area contributed by atoms with E-state index in [0.29, 0.717) is 35.5 Å². The van der Waals surface area contributed by atoms with Gasteiger partial charge in [0.2, 0.25) is 0 Å². The second-order valence-electron chi connectivity index (χ2n) is 16.2. The van der Waals surface area contributed by atoms with Gasteiger partial charge in [0.15, 0.2) is 0 Å². The number of carbonyl (C=O) groups excluding carboxylic acids is 2. The van der Waals surface area contributed by atoms with E-state index in [2.05, 4.69) is 92.5 Å². The van der Waals surface area contributed by atoms with Crippen LogP contribution in [0.5, 0.6) is 5.75 Å². The van der Waals surface area contributed by atoms with Crippen LogP contribution in [0.2, 0.25) is 0 Å². The van der Waals surface area contributed by atoms with Crippen molar-refractivity contribution in [3.8, 4) is 11.8 Å². The second kappa shape index (κ2) is 16.3. The zero-order valence-corrected chi connectivity index (χ0v) is 32.5. The van der Waals surface area contributed by atoms with Crippen molar-refractivity contribution in [1.29, 1.82) is 5.26 Å². The molecule has 3 unspecified atom stereocenters. The average molecular weight is 676 g/mol. The van der Waals surface area contributed by atoms with Gasteiger partial charge in [-0.3, -0.25) is 9.59 Å². The Morgan fingerprint density at radius 3 is 1.65 bits per heavy atom. The van der Waals surface area contributed by atoms with Gasteiger partial charge in [0, 0.05) is 0 Å². The molecule has 270 valence electrons. The number of hydrogen-bond acceptors (Lipinski definition) is 8. The third-order valence-corrected chi connectivity index (χ3v) is 12.2. The van der Waals surface area contributed by atoms with Crippen LogP contribution in [0.15, 0.2) is 58.8 Å². The Hall–Kier alpha value is -3.73. The van der Waals surface area contributed by atoms with Crippen molar-refractivity contribution in [3.05, 3.63) is 54.1 Å². The number of nitriles is 1. The van der Waals surface area contributed by atoms with Crippen molar-refractivity contribution in [2.24, 2.45) is 42.7 Å². The predicted molar refractivity (Wildman–Crippen MR) is 196 cm³/mol. The fourth-order valence-corrected chi connectivity index (χ4v) is 7.25. The van der Waals surface area contributed by atoms with Crippen LogP contribution in [0, 0.1) is 43.8 Å². The van der Waals surface area contributed by atoms with Gasteiger partial charge in [-0.25, -0.2) is 0 Å². The van der Waals surface area contributed by atoms with Crippen molar-refractivity contribution in [3.63, 3.8) is 0 Å². The summed E-state index contributed by atoms with van der Waals surface area (Å²) >= 11 is 0. The SMILES string of the molecule is CCC(C)(C)CC(C)(C(=O)OC)C(C)(CC)C(C)(C)CC(C)(C(=O)OCCOc1ccc(/N=N/c2ccc(C#N)cc2)cc1)C(C)(C)CC. The molecule has 0 amide bonds. The zero-order chi connectivity index (χ0) is 37.3. The van der Waals surface area contributed by atoms with Crippen LogP contribution in [0.1, 0.15) is 121 Å². The Labute approximate surface area is 296 Å². The first-order valence-electron chi connectivity index (χ1n) is 17.6. The summed E-state index contributed by atoms with van der Waals surface area (Å²) in [5.74, 6) is 0.161. The first kappa shape index (κ1) is 41.4. The summed E-state index contributed by atoms with van der Waals surface area (Å²) in [4.78, 5) is 27.9. The molecule has 0 heterocycles. The minimum atomic E-state index is -0.847. The van der Waals surface area contributed by atoms with Crippen molar-refractivity contribution < 1.29 is 23.8 Å². The molecule has 8 nitrogen and oxygen atoms in total. The molecule has 0 aliphatic heterocycles. The van der Waals surface area contributed by atoms with Gasteiger partial charge in [0.05, 0.1) is 40.9 Å². The normalized spacial score (nSPS) is 16.2. The van der Waals surface area contributed by atoms with E-state index in [1.54, 1.807) is 48.5 Å². The Morgan fingerprint density at radius 2 is 1.20 bits per heavy atom. The van der Waals surface area contributed by atoms with Crippen LogP contribution in [-0.2, 0) is 19.1 Å². The van der Waals surface area contributed by atoms with E-state index in [4.69, 9.17) is 19.5 Å². The number of azo groups is 1. The number of methoxy groups -OCH3 is 1. The lowest BCUT2D eigenvalue weighted by Crippen LogP contribution is -2.57. The second-order valence-corrected chi connectivity index (χ2v) is 16.2. The van der Waals surface area contributed by atoms with E-state index in [-0.39, 0.29) is 36.0 Å². The first-order valence-corrected chi connectivity index (χ1v) is 17.6. The Bertz CT molecular complexity index is 1470. The highest BCUT2D eigenvalue weighted by Gasteiger charge is 2.61. The molecular weight excluding hydrogens is 614 g/mol. The summed E-state index contributed by atoms with van der Waals surface area (Å²) in [5, 5.41) is 17.4. The van der Waals surface area contributed by atoms with E-state index in [1.165, 1.54) is 7.11 Å². The maximum atomic E-state index is 14.2. The summed E-state index contributed by atoms with van der Waals surface area (Å²) in [6.45, 7) is 26.1. The first-order chi connectivity index (χ1) is 22.7. The van der Waals surface area contributed by atoms with Gasteiger partial charge in [-0.05, 0) is 110 Å². The molecule has 2 aromatic rings. The number of benzene rings is 2. The molecule has 8 heteroatoms. The molecule has 2 rings (SSSR count). The molecule has 0 N–H and O–H groups in total. The molecule has 0 aliphatic carbocycles. The predicted octanol–water partition coefficient (Wildman–Crippen LogP) is 11.2. The molecule has 0 fully saturated rings. The minimum Gasteiger partial charge on any atom is -0.490 e. The van der Waals surface area contributed by atoms with Gasteiger partial charge in [-0.15, -0.1) is 0 Å². The number of hydrogen-bond donors (Lipinski definition) is 0. The highest BCUT2D eigenvalue weighted by atomic mass is 16.6. The van der Waals surface area contributed by atoms with Crippen LogP contribution >= 0.6 is 0 Å². The molecule has 0 saturated carbocycles. The van der Waals surface area contributed by atoms with Crippen molar-refractivity contribution in [1.82, 2.24) is 0 Å². The fourth-order valence-electron chi connectivity index (χ4n) is 7.25. The average Bonchev–Trinajstić information content (AvgIpc) is 3.08. The van der Waals surface area contributed by atoms with Crippen molar-refractivity contribution >= 4 is 23.3 Å². The minimum absolute atomic E-state index is 0.0725. The van der Waals surface area contributed by atoms with E-state index in [1.807, 2.05) is 6.92 Å². The lowest BCUT2D eigenvalue weighted by atomic mass is 9.45. The van der Waals surface area contributed by atoms with Crippen LogP contribution in [0.4, 0.5) is 11.4 Å². The van der Waals surface area contributed by atoms with Gasteiger partial charge in [0.1, 0.15) is 19.0 Å². The number of rotatable bonds is 18. The molecule has 0 aliphatic rings. The molecule has 0 aromatic heterocycles. The maximum absolute atomic E-state index is 14.2. The summed E-state index contributed by atoms with van der Waals surface area (Å²) < 4.78 is 17.4. The van der Waals surface area contributed by atoms with E-state index in [0.717, 1.165) is 19.3 Å². The number of ether oxygens (including phenoxy) is 3. The van der Waals surface area contributed by atoms with E-state index < -0.39 is 21.7 Å². The van der Waals surface area contributed by atoms with Crippen LogP contribution < -0.4 is 4.74 Å². The van der Waals surface area contributed by atoms with Gasteiger partial charge in [-0.1, -0.05) is 75.7 Å². The zero-order valence-electron chi connectivity index (χ0n) is 32.5. The third kappa shape index (κ3) is 9.29. The Balaban J connectivity index is 2.22. The molecule has 2 aromatic carbocycles. The molecule has 0 saturated heterocycles. The number of nitrogens with zero attached hydrogens (tertiary/aromatic N) is 3. The maximum Gasteiger partial charge on any atom is 0.312 e.